The largest absolute Gasteiger partial charge is 0.266 e. The van der Waals surface area contributed by atoms with Crippen LogP contribution in [-0.2, 0) is 6.42 Å². The topological polar surface area (TPSA) is 0 Å². The second-order valence-electron chi connectivity index (χ2n) is 5.52. The number of hydrogen-bond donors (Lipinski definition) is 0. The first-order chi connectivity index (χ1) is 9.54. The summed E-state index contributed by atoms with van der Waals surface area (Å²) < 4.78 is 50.2. The molecule has 1 aromatic rings. The van der Waals surface area contributed by atoms with Crippen molar-refractivity contribution in [3.63, 3.8) is 0 Å². The Bertz CT molecular complexity index is 469. The van der Waals surface area contributed by atoms with Gasteiger partial charge in [-0.05, 0) is 74.1 Å². The van der Waals surface area contributed by atoms with Gasteiger partial charge < -0.3 is 0 Å². The Kier molecular flexibility index (Phi) is 5.21. The van der Waals surface area contributed by atoms with Gasteiger partial charge in [-0.15, -0.1) is 0 Å². The van der Waals surface area contributed by atoms with E-state index < -0.39 is 17.7 Å². The van der Waals surface area contributed by atoms with Crippen LogP contribution in [0, 0.1) is 23.5 Å². The predicted octanol–water partition coefficient (Wildman–Crippen LogP) is 5.48. The van der Waals surface area contributed by atoms with Gasteiger partial charge in [-0.2, -0.15) is 8.78 Å². The van der Waals surface area contributed by atoms with Crippen LogP contribution < -0.4 is 0 Å². The minimum Gasteiger partial charge on any atom is -0.204 e. The van der Waals surface area contributed by atoms with Gasteiger partial charge in [-0.3, -0.25) is 0 Å². The van der Waals surface area contributed by atoms with Gasteiger partial charge in [0.25, 0.3) is 6.08 Å². The molecule has 0 nitrogen and oxygen atoms in total. The second kappa shape index (κ2) is 6.91. The smallest absolute Gasteiger partial charge is 0.204 e. The molecular formula is C16H18F4. The fourth-order valence-electron chi connectivity index (χ4n) is 2.89. The van der Waals surface area contributed by atoms with Gasteiger partial charge in [0.05, 0.1) is 0 Å². The summed E-state index contributed by atoms with van der Waals surface area (Å²) in [4.78, 5) is 0. The number of benzene rings is 1. The van der Waals surface area contributed by atoms with E-state index in [4.69, 9.17) is 0 Å². The van der Waals surface area contributed by atoms with Gasteiger partial charge in [0, 0.05) is 0 Å². The maximum atomic E-state index is 13.1. The molecule has 1 saturated carbocycles. The zero-order valence-electron chi connectivity index (χ0n) is 11.2. The third-order valence-electron chi connectivity index (χ3n) is 4.08. The van der Waals surface area contributed by atoms with Crippen molar-refractivity contribution < 1.29 is 17.6 Å². The molecule has 4 heteroatoms. The lowest BCUT2D eigenvalue weighted by atomic mass is 9.79. The average molecular weight is 286 g/mol. The third-order valence-corrected chi connectivity index (χ3v) is 4.08. The maximum Gasteiger partial charge on any atom is 0.266 e. The minimum absolute atomic E-state index is 0.000449. The van der Waals surface area contributed by atoms with E-state index in [1.165, 1.54) is 6.07 Å². The summed E-state index contributed by atoms with van der Waals surface area (Å²) in [5.41, 5.74) is 0.792. The van der Waals surface area contributed by atoms with Crippen LogP contribution in [-0.4, -0.2) is 0 Å². The van der Waals surface area contributed by atoms with E-state index in [1.807, 2.05) is 0 Å². The van der Waals surface area contributed by atoms with Crippen LogP contribution >= 0.6 is 0 Å². The molecule has 110 valence electrons. The van der Waals surface area contributed by atoms with Gasteiger partial charge >= 0.3 is 0 Å². The molecule has 0 bridgehead atoms. The molecule has 1 aliphatic carbocycles. The van der Waals surface area contributed by atoms with E-state index in [1.54, 1.807) is 6.07 Å². The average Bonchev–Trinajstić information content (AvgIpc) is 2.41. The molecule has 0 saturated heterocycles. The van der Waals surface area contributed by atoms with Crippen molar-refractivity contribution in [1.29, 1.82) is 0 Å². The van der Waals surface area contributed by atoms with E-state index in [9.17, 15) is 17.6 Å². The Hall–Kier alpha value is -1.32. The molecule has 0 amide bonds. The normalized spacial score (nSPS) is 22.6. The summed E-state index contributed by atoms with van der Waals surface area (Å²) in [6.07, 6.45) is 4.52. The molecule has 0 atom stereocenters. The fraction of sp³-hybridized carbons (Fsp3) is 0.500. The zero-order chi connectivity index (χ0) is 14.5. The Morgan fingerprint density at radius 1 is 1.05 bits per heavy atom. The first-order valence-electron chi connectivity index (χ1n) is 7.01. The number of halogens is 4. The monoisotopic (exact) mass is 286 g/mol. The molecule has 2 rings (SSSR count). The highest BCUT2D eigenvalue weighted by Crippen LogP contribution is 2.33. The Labute approximate surface area is 116 Å². The summed E-state index contributed by atoms with van der Waals surface area (Å²) in [5, 5.41) is 0. The van der Waals surface area contributed by atoms with Crippen LogP contribution in [0.15, 0.2) is 30.4 Å². The predicted molar refractivity (Wildman–Crippen MR) is 70.4 cm³/mol. The lowest BCUT2D eigenvalue weighted by molar-refractivity contribution is 0.288. The molecule has 0 spiro atoms. The van der Waals surface area contributed by atoms with Crippen molar-refractivity contribution in [3.8, 4) is 0 Å². The molecule has 0 radical (unpaired) electrons. The summed E-state index contributed by atoms with van der Waals surface area (Å²) in [7, 11) is 0. The van der Waals surface area contributed by atoms with Crippen molar-refractivity contribution in [1.82, 2.24) is 0 Å². The van der Waals surface area contributed by atoms with Crippen LogP contribution in [0.1, 0.15) is 37.7 Å². The van der Waals surface area contributed by atoms with Crippen molar-refractivity contribution >= 4 is 0 Å². The van der Waals surface area contributed by atoms with Crippen LogP contribution in [0.2, 0.25) is 0 Å². The van der Waals surface area contributed by atoms with Gasteiger partial charge in [0.2, 0.25) is 0 Å². The number of hydrogen-bond acceptors (Lipinski definition) is 0. The van der Waals surface area contributed by atoms with E-state index in [0.717, 1.165) is 49.8 Å². The first-order valence-corrected chi connectivity index (χ1v) is 7.01. The van der Waals surface area contributed by atoms with Gasteiger partial charge in [-0.25, -0.2) is 8.78 Å². The second-order valence-corrected chi connectivity index (χ2v) is 5.52. The number of rotatable bonds is 4. The Morgan fingerprint density at radius 2 is 1.75 bits per heavy atom. The quantitative estimate of drug-likeness (QED) is 0.642. The van der Waals surface area contributed by atoms with Crippen molar-refractivity contribution in [2.24, 2.45) is 11.8 Å². The third kappa shape index (κ3) is 4.36. The van der Waals surface area contributed by atoms with Crippen molar-refractivity contribution in [2.45, 2.75) is 38.5 Å². The highest BCUT2D eigenvalue weighted by molar-refractivity contribution is 5.17. The first kappa shape index (κ1) is 15.1. The fourth-order valence-corrected chi connectivity index (χ4v) is 2.89. The van der Waals surface area contributed by atoms with E-state index in [0.29, 0.717) is 12.3 Å². The molecule has 0 heterocycles. The molecule has 1 aromatic carbocycles. The molecular weight excluding hydrogens is 268 g/mol. The molecule has 0 unspecified atom stereocenters. The number of allylic oxidation sites excluding steroid dienone is 1. The van der Waals surface area contributed by atoms with Crippen LogP contribution in [0.5, 0.6) is 0 Å². The summed E-state index contributed by atoms with van der Waals surface area (Å²) in [6.45, 7) is 0. The molecule has 0 N–H and O–H groups in total. The van der Waals surface area contributed by atoms with Gasteiger partial charge in [0.15, 0.2) is 11.6 Å². The highest BCUT2D eigenvalue weighted by atomic mass is 19.3. The lowest BCUT2D eigenvalue weighted by Gasteiger charge is -2.26. The Morgan fingerprint density at radius 3 is 2.35 bits per heavy atom. The standard InChI is InChI=1S/C16H18F4/c17-14-8-7-12(9-15(14)18)4-1-11-2-5-13(6-3-11)10-16(19)20/h7-11,13H,1-6H2. The molecule has 0 aliphatic heterocycles. The zero-order valence-corrected chi connectivity index (χ0v) is 11.2. The van der Waals surface area contributed by atoms with Gasteiger partial charge in [-0.1, -0.05) is 6.07 Å². The van der Waals surface area contributed by atoms with Gasteiger partial charge in [0.1, 0.15) is 0 Å². The molecule has 20 heavy (non-hydrogen) atoms. The van der Waals surface area contributed by atoms with Crippen molar-refractivity contribution in [2.75, 3.05) is 0 Å². The Balaban J connectivity index is 1.78. The summed E-state index contributed by atoms with van der Waals surface area (Å²) in [5.74, 6) is -1.14. The highest BCUT2D eigenvalue weighted by Gasteiger charge is 2.20. The minimum atomic E-state index is -1.59. The van der Waals surface area contributed by atoms with E-state index in [2.05, 4.69) is 0 Å². The maximum absolute atomic E-state index is 13.1. The van der Waals surface area contributed by atoms with Crippen LogP contribution in [0.25, 0.3) is 0 Å². The summed E-state index contributed by atoms with van der Waals surface area (Å²) in [6, 6.07) is 3.99. The number of aryl methyl sites for hydroxylation is 1. The molecule has 1 fully saturated rings. The van der Waals surface area contributed by atoms with E-state index in [-0.39, 0.29) is 5.92 Å². The van der Waals surface area contributed by atoms with Crippen LogP contribution in [0.3, 0.4) is 0 Å². The van der Waals surface area contributed by atoms with Crippen molar-refractivity contribution in [3.05, 3.63) is 47.6 Å². The molecule has 0 aromatic heterocycles. The molecule has 1 aliphatic rings. The lowest BCUT2D eigenvalue weighted by Crippen LogP contribution is -2.14. The SMILES string of the molecule is FC(F)=CC1CCC(CCc2ccc(F)c(F)c2)CC1. The summed E-state index contributed by atoms with van der Waals surface area (Å²) >= 11 is 0. The van der Waals surface area contributed by atoms with E-state index >= 15 is 0 Å². The van der Waals surface area contributed by atoms with Crippen LogP contribution in [0.4, 0.5) is 17.6 Å².